The first kappa shape index (κ1) is 21.9. The van der Waals surface area contributed by atoms with Crippen LogP contribution in [0.2, 0.25) is 0 Å². The van der Waals surface area contributed by atoms with E-state index < -0.39 is 26.4 Å². The van der Waals surface area contributed by atoms with Gasteiger partial charge >= 0.3 is 5.76 Å². The molecule has 0 atom stereocenters. The van der Waals surface area contributed by atoms with E-state index in [1.54, 1.807) is 0 Å². The summed E-state index contributed by atoms with van der Waals surface area (Å²) in [6, 6.07) is 4.49. The minimum absolute atomic E-state index is 0.0450. The molecule has 2 heterocycles. The lowest BCUT2D eigenvalue weighted by Gasteiger charge is -2.09. The third kappa shape index (κ3) is 4.51. The Morgan fingerprint density at radius 1 is 1.23 bits per heavy atom. The number of nitrogens with zero attached hydrogens (tertiary/aromatic N) is 1. The molecule has 0 aliphatic heterocycles. The number of hydrogen-bond donors (Lipinski definition) is 2. The van der Waals surface area contributed by atoms with E-state index in [0.717, 1.165) is 55.1 Å². The first-order chi connectivity index (χ1) is 14.8. The zero-order chi connectivity index (χ0) is 22.2. The van der Waals surface area contributed by atoms with Gasteiger partial charge in [0.15, 0.2) is 5.16 Å². The van der Waals surface area contributed by atoms with E-state index in [1.807, 2.05) is 0 Å². The van der Waals surface area contributed by atoms with Crippen molar-refractivity contribution < 1.29 is 22.0 Å². The van der Waals surface area contributed by atoms with Crippen LogP contribution in [-0.2, 0) is 27.5 Å². The minimum Gasteiger partial charge on any atom is -0.325 e. The zero-order valence-corrected chi connectivity index (χ0v) is 18.4. The summed E-state index contributed by atoms with van der Waals surface area (Å²) in [6.07, 6.45) is 4.00. The van der Waals surface area contributed by atoms with Crippen molar-refractivity contribution in [2.45, 2.75) is 41.5 Å². The van der Waals surface area contributed by atoms with Crippen LogP contribution in [-0.4, -0.2) is 35.8 Å². The number of aromatic nitrogens is 2. The van der Waals surface area contributed by atoms with Crippen molar-refractivity contribution in [3.05, 3.63) is 45.1 Å². The molecule has 0 fully saturated rings. The van der Waals surface area contributed by atoms with Gasteiger partial charge in [0.25, 0.3) is 5.56 Å². The molecule has 31 heavy (non-hydrogen) atoms. The van der Waals surface area contributed by atoms with Gasteiger partial charge in [-0.15, -0.1) is 11.3 Å². The lowest BCUT2D eigenvalue weighted by atomic mass is 9.97. The average Bonchev–Trinajstić information content (AvgIpc) is 3.11. The highest BCUT2D eigenvalue weighted by molar-refractivity contribution is 7.99. The molecule has 7 nitrogen and oxygen atoms in total. The normalized spacial score (nSPS) is 14.0. The topological polar surface area (TPSA) is 109 Å². The number of rotatable bonds is 6. The number of nitrogens with one attached hydrogen (secondary N) is 2. The number of sulfone groups is 1. The Balaban J connectivity index is 1.42. The number of carbonyl (C=O) groups excluding carboxylic acids is 1. The number of aromatic amines is 1. The first-order valence-electron chi connectivity index (χ1n) is 9.35. The number of anilines is 1. The van der Waals surface area contributed by atoms with E-state index in [9.17, 15) is 26.8 Å². The first-order valence-corrected chi connectivity index (χ1v) is 12.7. The van der Waals surface area contributed by atoms with Crippen LogP contribution in [0.3, 0.4) is 0 Å². The maximum atomic E-state index is 12.6. The lowest BCUT2D eigenvalue weighted by molar-refractivity contribution is -0.113. The number of fused-ring (bicyclic) bond motifs is 3. The van der Waals surface area contributed by atoms with Crippen molar-refractivity contribution in [2.75, 3.05) is 11.1 Å². The predicted molar refractivity (Wildman–Crippen MR) is 116 cm³/mol. The van der Waals surface area contributed by atoms with E-state index in [-0.39, 0.29) is 17.0 Å². The minimum atomic E-state index is -4.68. The van der Waals surface area contributed by atoms with Crippen molar-refractivity contribution in [1.82, 2.24) is 9.97 Å². The Labute approximate surface area is 184 Å². The van der Waals surface area contributed by atoms with Crippen LogP contribution in [0.5, 0.6) is 0 Å². The second-order valence-corrected chi connectivity index (χ2v) is 10.9. The molecule has 12 heteroatoms. The molecule has 3 aromatic rings. The number of aryl methyl sites for hydroxylation is 2. The standard InChI is InChI=1S/C19H17F2N3O4S3/c20-18(21)31(27,28)11-7-5-10(6-8-11)22-14(25)9-29-19-23-16(26)15-12-3-1-2-4-13(12)30-17(15)24-19/h5-8,18H,1-4,9H2,(H,22,25)(H,23,24,26). The second-order valence-electron chi connectivity index (χ2n) is 6.93. The van der Waals surface area contributed by atoms with E-state index in [0.29, 0.717) is 15.4 Å². The molecule has 0 bridgehead atoms. The fourth-order valence-corrected chi connectivity index (χ4v) is 6.08. The molecule has 0 unspecified atom stereocenters. The molecule has 1 amide bonds. The number of H-pyrrole nitrogens is 1. The quantitative estimate of drug-likeness (QED) is 0.408. The largest absolute Gasteiger partial charge is 0.341 e. The van der Waals surface area contributed by atoms with Crippen molar-refractivity contribution in [3.63, 3.8) is 0 Å². The summed E-state index contributed by atoms with van der Waals surface area (Å²) >= 11 is 2.59. The van der Waals surface area contributed by atoms with Crippen LogP contribution in [0.4, 0.5) is 14.5 Å². The molecule has 164 valence electrons. The van der Waals surface area contributed by atoms with Crippen LogP contribution >= 0.6 is 23.1 Å². The molecule has 4 rings (SSSR count). The fraction of sp³-hybridized carbons (Fsp3) is 0.316. The van der Waals surface area contributed by atoms with E-state index >= 15 is 0 Å². The van der Waals surface area contributed by atoms with Gasteiger partial charge in [0.05, 0.1) is 16.0 Å². The fourth-order valence-electron chi connectivity index (χ4n) is 3.37. The summed E-state index contributed by atoms with van der Waals surface area (Å²) in [5.74, 6) is -3.97. The number of carbonyl (C=O) groups is 1. The summed E-state index contributed by atoms with van der Waals surface area (Å²) < 4.78 is 48.0. The van der Waals surface area contributed by atoms with Gasteiger partial charge in [-0.05, 0) is 55.5 Å². The number of amides is 1. The molecule has 1 aliphatic carbocycles. The van der Waals surface area contributed by atoms with Crippen LogP contribution in [0, 0.1) is 0 Å². The van der Waals surface area contributed by atoms with Gasteiger partial charge in [-0.3, -0.25) is 9.59 Å². The maximum absolute atomic E-state index is 12.6. The lowest BCUT2D eigenvalue weighted by Crippen LogP contribution is -2.16. The summed E-state index contributed by atoms with van der Waals surface area (Å²) in [5, 5.41) is 3.54. The van der Waals surface area contributed by atoms with Crippen LogP contribution in [0.15, 0.2) is 39.1 Å². The van der Waals surface area contributed by atoms with Gasteiger partial charge in [-0.2, -0.15) is 8.78 Å². The van der Waals surface area contributed by atoms with Gasteiger partial charge in [0.1, 0.15) is 4.83 Å². The van der Waals surface area contributed by atoms with Gasteiger partial charge in [0, 0.05) is 10.6 Å². The summed E-state index contributed by atoms with van der Waals surface area (Å²) in [6.45, 7) is 0. The number of alkyl halides is 2. The molecule has 0 saturated carbocycles. The highest BCUT2D eigenvalue weighted by atomic mass is 32.2. The number of thioether (sulfide) groups is 1. The van der Waals surface area contributed by atoms with Gasteiger partial charge < -0.3 is 10.3 Å². The maximum Gasteiger partial charge on any atom is 0.341 e. The van der Waals surface area contributed by atoms with Crippen LogP contribution in [0.1, 0.15) is 23.3 Å². The van der Waals surface area contributed by atoms with E-state index in [1.165, 1.54) is 28.3 Å². The van der Waals surface area contributed by atoms with Crippen molar-refractivity contribution >= 4 is 54.7 Å². The monoisotopic (exact) mass is 485 g/mol. The molecule has 0 radical (unpaired) electrons. The molecule has 0 saturated heterocycles. The third-order valence-corrected chi connectivity index (χ3v) is 8.30. The number of thiophene rings is 1. The molecule has 1 aromatic carbocycles. The van der Waals surface area contributed by atoms with E-state index in [4.69, 9.17) is 0 Å². The smallest absolute Gasteiger partial charge is 0.325 e. The zero-order valence-electron chi connectivity index (χ0n) is 16.0. The van der Waals surface area contributed by atoms with Gasteiger partial charge in [0.2, 0.25) is 15.7 Å². The summed E-state index contributed by atoms with van der Waals surface area (Å²) in [7, 11) is -4.68. The summed E-state index contributed by atoms with van der Waals surface area (Å²) in [4.78, 5) is 33.3. The van der Waals surface area contributed by atoms with Crippen molar-refractivity contribution in [3.8, 4) is 0 Å². The number of hydrogen-bond acceptors (Lipinski definition) is 7. The molecule has 2 aromatic heterocycles. The highest BCUT2D eigenvalue weighted by Crippen LogP contribution is 2.34. The Morgan fingerprint density at radius 3 is 2.65 bits per heavy atom. The van der Waals surface area contributed by atoms with Crippen molar-refractivity contribution in [1.29, 1.82) is 0 Å². The molecular weight excluding hydrogens is 468 g/mol. The van der Waals surface area contributed by atoms with Crippen LogP contribution in [0.25, 0.3) is 10.2 Å². The Hall–Kier alpha value is -2.31. The Kier molecular flexibility index (Phi) is 6.13. The van der Waals surface area contributed by atoms with Gasteiger partial charge in [-0.1, -0.05) is 11.8 Å². The van der Waals surface area contributed by atoms with Crippen LogP contribution < -0.4 is 10.9 Å². The number of halogens is 2. The molecule has 2 N–H and O–H groups in total. The third-order valence-electron chi connectivity index (χ3n) is 4.84. The SMILES string of the molecule is O=C(CSc1nc2sc3c(c2c(=O)[nH]1)CCCC3)Nc1ccc(S(=O)(=O)C(F)F)cc1. The van der Waals surface area contributed by atoms with E-state index in [2.05, 4.69) is 15.3 Å². The molecule has 1 aliphatic rings. The average molecular weight is 486 g/mol. The molecular formula is C19H17F2N3O4S3. The number of benzene rings is 1. The summed E-state index contributed by atoms with van der Waals surface area (Å²) in [5.41, 5.74) is 1.15. The predicted octanol–water partition coefficient (Wildman–Crippen LogP) is 3.59. The second kappa shape index (κ2) is 8.67. The Bertz CT molecular complexity index is 1300. The Morgan fingerprint density at radius 2 is 1.94 bits per heavy atom. The van der Waals surface area contributed by atoms with Gasteiger partial charge in [-0.25, -0.2) is 13.4 Å². The molecule has 0 spiro atoms. The highest BCUT2D eigenvalue weighted by Gasteiger charge is 2.26. The van der Waals surface area contributed by atoms with Crippen molar-refractivity contribution in [2.24, 2.45) is 0 Å².